The van der Waals surface area contributed by atoms with Crippen molar-refractivity contribution in [2.24, 2.45) is 5.73 Å². The molecule has 0 aromatic heterocycles. The van der Waals surface area contributed by atoms with Gasteiger partial charge >= 0.3 is 0 Å². The highest BCUT2D eigenvalue weighted by molar-refractivity contribution is 9.10. The summed E-state index contributed by atoms with van der Waals surface area (Å²) >= 11 is 9.05. The molecule has 0 radical (unpaired) electrons. The number of benzene rings is 1. The van der Waals surface area contributed by atoms with Crippen LogP contribution in [0, 0.1) is 5.41 Å². The third-order valence-electron chi connectivity index (χ3n) is 1.20. The van der Waals surface area contributed by atoms with Crippen molar-refractivity contribution in [2.45, 2.75) is 0 Å². The molecule has 1 rings (SSSR count). The molecule has 0 unspecified atom stereocenters. The Morgan fingerprint density at radius 3 is 2.75 bits per heavy atom. The van der Waals surface area contributed by atoms with Gasteiger partial charge in [0.1, 0.15) is 0 Å². The Labute approximate surface area is 83.5 Å². The van der Waals surface area contributed by atoms with Crippen molar-refractivity contribution < 1.29 is 0 Å². The number of anilines is 1. The van der Waals surface area contributed by atoms with Gasteiger partial charge in [0.2, 0.25) is 0 Å². The minimum Gasteiger partial charge on any atom is -0.370 e. The second-order valence-electron chi connectivity index (χ2n) is 2.17. The SMILES string of the molecule is N=C(N)Nc1ccc(Br)c(Cl)c1. The molecule has 4 N–H and O–H groups in total. The van der Waals surface area contributed by atoms with Crippen LogP contribution in [-0.2, 0) is 0 Å². The lowest BCUT2D eigenvalue weighted by Gasteiger charge is -2.04. The van der Waals surface area contributed by atoms with Crippen molar-refractivity contribution in [3.05, 3.63) is 27.7 Å². The number of hydrogen-bond acceptors (Lipinski definition) is 1. The predicted molar refractivity (Wildman–Crippen MR) is 54.7 cm³/mol. The quantitative estimate of drug-likeness (QED) is 0.528. The summed E-state index contributed by atoms with van der Waals surface area (Å²) in [5.41, 5.74) is 5.83. The van der Waals surface area contributed by atoms with Gasteiger partial charge in [0.15, 0.2) is 5.96 Å². The smallest absolute Gasteiger partial charge is 0.190 e. The Morgan fingerprint density at radius 1 is 1.58 bits per heavy atom. The maximum atomic E-state index is 6.97. The van der Waals surface area contributed by atoms with Crippen LogP contribution in [0.2, 0.25) is 5.02 Å². The molecule has 0 amide bonds. The van der Waals surface area contributed by atoms with Gasteiger partial charge < -0.3 is 11.1 Å². The molecule has 5 heteroatoms. The highest BCUT2D eigenvalue weighted by Crippen LogP contribution is 2.25. The van der Waals surface area contributed by atoms with Crippen LogP contribution >= 0.6 is 27.5 Å². The van der Waals surface area contributed by atoms with Crippen LogP contribution in [0.3, 0.4) is 0 Å². The van der Waals surface area contributed by atoms with Crippen molar-refractivity contribution in [2.75, 3.05) is 5.32 Å². The molecule has 0 aliphatic rings. The molecule has 12 heavy (non-hydrogen) atoms. The number of guanidine groups is 1. The second kappa shape index (κ2) is 3.78. The molecule has 0 saturated heterocycles. The molecular weight excluding hydrogens is 241 g/mol. The topological polar surface area (TPSA) is 61.9 Å². The Morgan fingerprint density at radius 2 is 2.25 bits per heavy atom. The fraction of sp³-hybridized carbons (Fsp3) is 0. The predicted octanol–water partition coefficient (Wildman–Crippen LogP) is 2.41. The van der Waals surface area contributed by atoms with Gasteiger partial charge in [0.25, 0.3) is 0 Å². The van der Waals surface area contributed by atoms with E-state index in [1.807, 2.05) is 0 Å². The van der Waals surface area contributed by atoms with Crippen LogP contribution in [-0.4, -0.2) is 5.96 Å². The van der Waals surface area contributed by atoms with E-state index in [1.165, 1.54) is 0 Å². The molecule has 0 atom stereocenters. The Hall–Kier alpha value is -0.740. The monoisotopic (exact) mass is 247 g/mol. The van der Waals surface area contributed by atoms with E-state index in [4.69, 9.17) is 22.7 Å². The molecule has 0 aliphatic heterocycles. The van der Waals surface area contributed by atoms with E-state index >= 15 is 0 Å². The first-order valence-corrected chi connectivity index (χ1v) is 4.33. The van der Waals surface area contributed by atoms with Gasteiger partial charge in [-0.1, -0.05) is 11.6 Å². The van der Waals surface area contributed by atoms with E-state index in [2.05, 4.69) is 21.2 Å². The highest BCUT2D eigenvalue weighted by Gasteiger charge is 1.98. The minimum absolute atomic E-state index is 0.103. The normalized spacial score (nSPS) is 9.50. The zero-order valence-electron chi connectivity index (χ0n) is 6.07. The minimum atomic E-state index is -0.103. The largest absolute Gasteiger partial charge is 0.370 e. The highest BCUT2D eigenvalue weighted by atomic mass is 79.9. The van der Waals surface area contributed by atoms with E-state index in [9.17, 15) is 0 Å². The van der Waals surface area contributed by atoms with Crippen molar-refractivity contribution in [1.82, 2.24) is 0 Å². The third-order valence-corrected chi connectivity index (χ3v) is 2.43. The van der Waals surface area contributed by atoms with E-state index in [0.29, 0.717) is 10.7 Å². The summed E-state index contributed by atoms with van der Waals surface area (Å²) in [6, 6.07) is 5.25. The van der Waals surface area contributed by atoms with Crippen molar-refractivity contribution in [3.8, 4) is 0 Å². The summed E-state index contributed by atoms with van der Waals surface area (Å²) in [5, 5.41) is 10.2. The number of nitrogens with two attached hydrogens (primary N) is 1. The molecule has 0 bridgehead atoms. The van der Waals surface area contributed by atoms with Crippen LogP contribution < -0.4 is 11.1 Å². The summed E-state index contributed by atoms with van der Waals surface area (Å²) in [6.07, 6.45) is 0. The second-order valence-corrected chi connectivity index (χ2v) is 3.43. The van der Waals surface area contributed by atoms with Crippen molar-refractivity contribution in [3.63, 3.8) is 0 Å². The first kappa shape index (κ1) is 9.35. The molecular formula is C7H7BrClN3. The van der Waals surface area contributed by atoms with Gasteiger partial charge in [0, 0.05) is 10.2 Å². The lowest BCUT2D eigenvalue weighted by molar-refractivity contribution is 1.41. The number of hydrogen-bond donors (Lipinski definition) is 3. The van der Waals surface area contributed by atoms with E-state index in [1.54, 1.807) is 18.2 Å². The molecule has 0 fully saturated rings. The van der Waals surface area contributed by atoms with Crippen LogP contribution in [0.15, 0.2) is 22.7 Å². The first-order chi connectivity index (χ1) is 5.59. The van der Waals surface area contributed by atoms with E-state index in [0.717, 1.165) is 4.47 Å². The summed E-state index contributed by atoms with van der Waals surface area (Å²) < 4.78 is 0.818. The fourth-order valence-corrected chi connectivity index (χ4v) is 1.16. The summed E-state index contributed by atoms with van der Waals surface area (Å²) in [4.78, 5) is 0. The molecule has 0 heterocycles. The summed E-state index contributed by atoms with van der Waals surface area (Å²) in [5.74, 6) is -0.103. The average Bonchev–Trinajstić information content (AvgIpc) is 1.96. The maximum Gasteiger partial charge on any atom is 0.190 e. The van der Waals surface area contributed by atoms with Gasteiger partial charge in [-0.3, -0.25) is 5.41 Å². The zero-order valence-corrected chi connectivity index (χ0v) is 8.41. The van der Waals surface area contributed by atoms with Gasteiger partial charge in [-0.05, 0) is 34.1 Å². The van der Waals surface area contributed by atoms with Crippen molar-refractivity contribution in [1.29, 1.82) is 5.41 Å². The van der Waals surface area contributed by atoms with Crippen LogP contribution in [0.25, 0.3) is 0 Å². The average molecular weight is 249 g/mol. The summed E-state index contributed by atoms with van der Waals surface area (Å²) in [7, 11) is 0. The Balaban J connectivity index is 2.89. The molecule has 64 valence electrons. The molecule has 1 aromatic carbocycles. The van der Waals surface area contributed by atoms with Crippen molar-refractivity contribution >= 4 is 39.2 Å². The zero-order chi connectivity index (χ0) is 9.14. The third kappa shape index (κ3) is 2.39. The molecule has 0 spiro atoms. The van der Waals surface area contributed by atoms with Gasteiger partial charge in [0.05, 0.1) is 5.02 Å². The fourth-order valence-electron chi connectivity index (χ4n) is 0.729. The number of halogens is 2. The molecule has 0 aliphatic carbocycles. The van der Waals surface area contributed by atoms with E-state index < -0.39 is 0 Å². The lowest BCUT2D eigenvalue weighted by Crippen LogP contribution is -2.20. The number of rotatable bonds is 1. The van der Waals surface area contributed by atoms with Gasteiger partial charge in [-0.25, -0.2) is 0 Å². The van der Waals surface area contributed by atoms with Crippen LogP contribution in [0.5, 0.6) is 0 Å². The van der Waals surface area contributed by atoms with Crippen LogP contribution in [0.1, 0.15) is 0 Å². The van der Waals surface area contributed by atoms with Gasteiger partial charge in [-0.2, -0.15) is 0 Å². The van der Waals surface area contributed by atoms with Gasteiger partial charge in [-0.15, -0.1) is 0 Å². The molecule has 3 nitrogen and oxygen atoms in total. The molecule has 0 saturated carbocycles. The first-order valence-electron chi connectivity index (χ1n) is 3.15. The Bertz CT molecular complexity index is 314. The molecule has 1 aromatic rings. The maximum absolute atomic E-state index is 6.97. The summed E-state index contributed by atoms with van der Waals surface area (Å²) in [6.45, 7) is 0. The van der Waals surface area contributed by atoms with Crippen LogP contribution in [0.4, 0.5) is 5.69 Å². The standard InChI is InChI=1S/C7H7BrClN3/c8-5-2-1-4(3-6(5)9)12-7(10)11/h1-3H,(H4,10,11,12). The number of nitrogens with one attached hydrogen (secondary N) is 2. The van der Waals surface area contributed by atoms with E-state index in [-0.39, 0.29) is 5.96 Å². The Kier molecular flexibility index (Phi) is 2.94. The lowest BCUT2D eigenvalue weighted by atomic mass is 10.3.